The van der Waals surface area contributed by atoms with E-state index < -0.39 is 23.7 Å². The highest BCUT2D eigenvalue weighted by molar-refractivity contribution is 6.00. The molecular weight excluding hydrogens is 444 g/mol. The van der Waals surface area contributed by atoms with Crippen molar-refractivity contribution in [2.45, 2.75) is 38.1 Å². The summed E-state index contributed by atoms with van der Waals surface area (Å²) in [5, 5.41) is 3.71. The molecule has 7 nitrogen and oxygen atoms in total. The zero-order valence-corrected chi connectivity index (χ0v) is 17.3. The lowest BCUT2D eigenvalue weighted by Crippen LogP contribution is -2.47. The lowest BCUT2D eigenvalue weighted by atomic mass is 10.0. The number of ether oxygens (including phenoxy) is 1. The fourth-order valence-corrected chi connectivity index (χ4v) is 4.54. The third-order valence-corrected chi connectivity index (χ3v) is 5.99. The number of hydrogen-bond acceptors (Lipinski definition) is 6. The van der Waals surface area contributed by atoms with E-state index in [1.807, 2.05) is 0 Å². The van der Waals surface area contributed by atoms with Crippen LogP contribution in [0.3, 0.4) is 0 Å². The molecule has 1 aliphatic carbocycles. The molecule has 1 saturated heterocycles. The van der Waals surface area contributed by atoms with E-state index in [1.165, 1.54) is 24.3 Å². The lowest BCUT2D eigenvalue weighted by Gasteiger charge is -2.33. The van der Waals surface area contributed by atoms with E-state index in [4.69, 9.17) is 9.26 Å². The first-order valence-electron chi connectivity index (χ1n) is 10.3. The summed E-state index contributed by atoms with van der Waals surface area (Å²) >= 11 is 0. The minimum absolute atomic E-state index is 0.0430. The van der Waals surface area contributed by atoms with Crippen LogP contribution in [-0.4, -0.2) is 44.6 Å². The predicted molar refractivity (Wildman–Crippen MR) is 106 cm³/mol. The number of likely N-dealkylation sites (tertiary alicyclic amines) is 1. The number of carbonyl (C=O) groups is 1. The average Bonchev–Trinajstić information content (AvgIpc) is 3.49. The topological polar surface area (TPSA) is 81.4 Å². The predicted octanol–water partition coefficient (Wildman–Crippen LogP) is 4.28. The molecule has 2 bridgehead atoms. The molecule has 1 aliphatic heterocycles. The van der Waals surface area contributed by atoms with Crippen LogP contribution in [0.1, 0.15) is 34.6 Å². The van der Waals surface area contributed by atoms with Crippen LogP contribution >= 0.6 is 0 Å². The van der Waals surface area contributed by atoms with Crippen LogP contribution in [0, 0.1) is 18.7 Å². The van der Waals surface area contributed by atoms with E-state index in [0.29, 0.717) is 25.2 Å². The molecule has 0 unspecified atom stereocenters. The second-order valence-corrected chi connectivity index (χ2v) is 8.24. The second kappa shape index (κ2) is 7.82. The molecule has 1 aromatic carbocycles. The molecule has 2 aromatic heterocycles. The molecule has 11 heteroatoms. The molecule has 3 aromatic rings. The van der Waals surface area contributed by atoms with Crippen LogP contribution in [-0.2, 0) is 6.18 Å². The number of rotatable bonds is 4. The highest BCUT2D eigenvalue weighted by Gasteiger charge is 2.49. The fourth-order valence-electron chi connectivity index (χ4n) is 4.54. The van der Waals surface area contributed by atoms with Gasteiger partial charge >= 0.3 is 6.18 Å². The van der Waals surface area contributed by atoms with Crippen molar-refractivity contribution in [1.29, 1.82) is 0 Å². The summed E-state index contributed by atoms with van der Waals surface area (Å²) in [6, 6.07) is 5.55. The van der Waals surface area contributed by atoms with Crippen molar-refractivity contribution < 1.29 is 31.6 Å². The van der Waals surface area contributed by atoms with Gasteiger partial charge in [0.15, 0.2) is 5.82 Å². The molecule has 0 N–H and O–H groups in total. The van der Waals surface area contributed by atoms with E-state index >= 15 is 0 Å². The first kappa shape index (κ1) is 21.4. The number of fused-ring (bicyclic) bond motifs is 2. The number of hydrogen-bond donors (Lipinski definition) is 0. The van der Waals surface area contributed by atoms with Crippen molar-refractivity contribution in [3.05, 3.63) is 59.3 Å². The van der Waals surface area contributed by atoms with Gasteiger partial charge in [0, 0.05) is 18.8 Å². The maximum atomic E-state index is 13.9. The van der Waals surface area contributed by atoms with E-state index in [0.717, 1.165) is 12.3 Å². The third-order valence-electron chi connectivity index (χ3n) is 5.99. The van der Waals surface area contributed by atoms with Crippen LogP contribution in [0.5, 0.6) is 5.88 Å². The molecule has 3 heterocycles. The van der Waals surface area contributed by atoms with Gasteiger partial charge in [-0.3, -0.25) is 4.79 Å². The third kappa shape index (κ3) is 4.03. The van der Waals surface area contributed by atoms with Crippen LogP contribution < -0.4 is 4.74 Å². The van der Waals surface area contributed by atoms with Gasteiger partial charge < -0.3 is 14.2 Å². The number of aromatic nitrogens is 3. The number of benzene rings is 1. The number of nitrogens with zero attached hydrogens (tertiary/aromatic N) is 4. The summed E-state index contributed by atoms with van der Waals surface area (Å²) < 4.78 is 63.2. The summed E-state index contributed by atoms with van der Waals surface area (Å²) in [6.07, 6.45) is -2.80. The monoisotopic (exact) mass is 462 g/mol. The van der Waals surface area contributed by atoms with Crippen molar-refractivity contribution >= 4 is 5.91 Å². The molecule has 0 spiro atoms. The van der Waals surface area contributed by atoms with Gasteiger partial charge in [-0.05, 0) is 49.9 Å². The van der Waals surface area contributed by atoms with Crippen LogP contribution in [0.4, 0.5) is 17.6 Å². The zero-order valence-electron chi connectivity index (χ0n) is 17.3. The van der Waals surface area contributed by atoms with Gasteiger partial charge in [-0.25, -0.2) is 9.37 Å². The Hall–Kier alpha value is -3.50. The van der Waals surface area contributed by atoms with E-state index in [1.54, 1.807) is 11.8 Å². The maximum absolute atomic E-state index is 13.9. The van der Waals surface area contributed by atoms with Crippen LogP contribution in [0.25, 0.3) is 11.5 Å². The highest BCUT2D eigenvalue weighted by Crippen LogP contribution is 2.41. The van der Waals surface area contributed by atoms with Crippen molar-refractivity contribution in [2.24, 2.45) is 5.92 Å². The summed E-state index contributed by atoms with van der Waals surface area (Å²) in [6.45, 7) is 2.12. The molecule has 172 valence electrons. The SMILES string of the molecule is Cc1noc(-c2cc(F)ccc2C(=O)N2C[C@@H]3C[C@@H](Oc4ccc(C(F)(F)F)cn4)[C@@H]2C3)n1. The molecule has 0 radical (unpaired) electrons. The van der Waals surface area contributed by atoms with Gasteiger partial charge in [-0.15, -0.1) is 0 Å². The Morgan fingerprint density at radius 1 is 1.21 bits per heavy atom. The summed E-state index contributed by atoms with van der Waals surface area (Å²) in [5.41, 5.74) is -0.441. The highest BCUT2D eigenvalue weighted by atomic mass is 19.4. The molecule has 33 heavy (non-hydrogen) atoms. The second-order valence-electron chi connectivity index (χ2n) is 8.24. The van der Waals surface area contributed by atoms with Crippen LogP contribution in [0.2, 0.25) is 0 Å². The Kier molecular flexibility index (Phi) is 5.06. The van der Waals surface area contributed by atoms with Gasteiger partial charge in [-0.1, -0.05) is 5.16 Å². The molecule has 2 aliphatic rings. The van der Waals surface area contributed by atoms with Gasteiger partial charge in [-0.2, -0.15) is 18.2 Å². The minimum Gasteiger partial charge on any atom is -0.472 e. The standard InChI is InChI=1S/C22H18F4N4O3/c1-11-28-20(33-29-11)16-8-14(23)3-4-15(16)21(31)30-10-12-6-17(30)18(7-12)32-19-5-2-13(9-27-19)22(24,25)26/h2-5,8-9,12,17-18H,6-7,10H2,1H3/t12-,17-,18+/m0/s1. The zero-order chi connectivity index (χ0) is 23.3. The quantitative estimate of drug-likeness (QED) is 0.539. The van der Waals surface area contributed by atoms with Crippen molar-refractivity contribution in [1.82, 2.24) is 20.0 Å². The minimum atomic E-state index is -4.48. The molecule has 2 fully saturated rings. The summed E-state index contributed by atoms with van der Waals surface area (Å²) in [7, 11) is 0. The molecular formula is C22H18F4N4O3. The smallest absolute Gasteiger partial charge is 0.417 e. The normalized spacial score (nSPS) is 22.1. The number of piperidine rings is 1. The molecule has 5 rings (SSSR count). The number of alkyl halides is 3. The molecule has 3 atom stereocenters. The Labute approximate surface area is 185 Å². The Morgan fingerprint density at radius 2 is 2.03 bits per heavy atom. The van der Waals surface area contributed by atoms with Crippen LogP contribution in [0.15, 0.2) is 41.1 Å². The number of halogens is 4. The van der Waals surface area contributed by atoms with E-state index in [9.17, 15) is 22.4 Å². The molecule has 1 amide bonds. The summed E-state index contributed by atoms with van der Waals surface area (Å²) in [5.74, 6) is -0.228. The average molecular weight is 462 g/mol. The van der Waals surface area contributed by atoms with Gasteiger partial charge in [0.1, 0.15) is 11.9 Å². The van der Waals surface area contributed by atoms with Crippen molar-refractivity contribution in [3.63, 3.8) is 0 Å². The van der Waals surface area contributed by atoms with Gasteiger partial charge in [0.05, 0.1) is 22.7 Å². The van der Waals surface area contributed by atoms with Crippen molar-refractivity contribution in [2.75, 3.05) is 6.54 Å². The Balaban J connectivity index is 1.37. The number of amides is 1. The number of pyridine rings is 1. The first-order chi connectivity index (χ1) is 15.7. The number of aryl methyl sites for hydroxylation is 1. The van der Waals surface area contributed by atoms with Gasteiger partial charge in [0.2, 0.25) is 5.88 Å². The summed E-state index contributed by atoms with van der Waals surface area (Å²) in [4.78, 5) is 23.0. The van der Waals surface area contributed by atoms with E-state index in [2.05, 4.69) is 15.1 Å². The number of carbonyl (C=O) groups excluding carboxylic acids is 1. The largest absolute Gasteiger partial charge is 0.472 e. The van der Waals surface area contributed by atoms with Crippen molar-refractivity contribution in [3.8, 4) is 17.3 Å². The Bertz CT molecular complexity index is 1200. The van der Waals surface area contributed by atoms with E-state index in [-0.39, 0.29) is 40.8 Å². The maximum Gasteiger partial charge on any atom is 0.417 e. The van der Waals surface area contributed by atoms with Gasteiger partial charge in [0.25, 0.3) is 11.8 Å². The first-order valence-corrected chi connectivity index (χ1v) is 10.3. The molecule has 1 saturated carbocycles. The fraction of sp³-hybridized carbons (Fsp3) is 0.364. The Morgan fingerprint density at radius 3 is 2.67 bits per heavy atom. The lowest BCUT2D eigenvalue weighted by molar-refractivity contribution is -0.137.